The van der Waals surface area contributed by atoms with E-state index in [2.05, 4.69) is 4.72 Å². The van der Waals surface area contributed by atoms with Crippen LogP contribution in [0.3, 0.4) is 0 Å². The third-order valence-corrected chi connectivity index (χ3v) is 6.16. The zero-order valence-corrected chi connectivity index (χ0v) is 14.3. The predicted octanol–water partition coefficient (Wildman–Crippen LogP) is 4.01. The van der Waals surface area contributed by atoms with Gasteiger partial charge in [0.05, 0.1) is 10.8 Å². The van der Waals surface area contributed by atoms with Gasteiger partial charge in [0, 0.05) is 6.04 Å². The third-order valence-electron chi connectivity index (χ3n) is 4.33. The summed E-state index contributed by atoms with van der Waals surface area (Å²) in [4.78, 5) is 0.178. The van der Waals surface area contributed by atoms with Crippen molar-refractivity contribution in [2.75, 3.05) is 0 Å². The fraction of sp³-hybridized carbons (Fsp3) is 0.625. The highest BCUT2D eigenvalue weighted by molar-refractivity contribution is 7.89. The van der Waals surface area contributed by atoms with Crippen LogP contribution >= 0.6 is 0 Å². The molecule has 0 radical (unpaired) electrons. The Labute approximate surface area is 135 Å². The summed E-state index contributed by atoms with van der Waals surface area (Å²) in [7, 11) is -3.82. The Balaban J connectivity index is 2.22. The first-order valence-corrected chi connectivity index (χ1v) is 9.16. The number of halogens is 3. The molecule has 0 amide bonds. The van der Waals surface area contributed by atoms with Crippen molar-refractivity contribution in [3.8, 4) is 0 Å². The van der Waals surface area contributed by atoms with Crippen molar-refractivity contribution in [2.24, 2.45) is 5.92 Å². The second-order valence-electron chi connectivity index (χ2n) is 6.45. The molecule has 1 N–H and O–H groups in total. The maximum atomic E-state index is 12.9. The van der Waals surface area contributed by atoms with Gasteiger partial charge in [0.15, 0.2) is 0 Å². The number of sulfonamides is 1. The first-order chi connectivity index (χ1) is 10.5. The molecule has 23 heavy (non-hydrogen) atoms. The molecule has 3 nitrogen and oxygen atoms in total. The van der Waals surface area contributed by atoms with Crippen molar-refractivity contribution < 1.29 is 21.6 Å². The van der Waals surface area contributed by atoms with E-state index in [0.717, 1.165) is 5.56 Å². The Morgan fingerprint density at radius 2 is 1.65 bits per heavy atom. The van der Waals surface area contributed by atoms with Crippen molar-refractivity contribution in [1.82, 2.24) is 4.72 Å². The number of hydrogen-bond donors (Lipinski definition) is 1. The molecule has 1 saturated carbocycles. The molecule has 2 unspecified atom stereocenters. The number of rotatable bonds is 3. The van der Waals surface area contributed by atoms with Crippen LogP contribution in [0.2, 0.25) is 0 Å². The van der Waals surface area contributed by atoms with E-state index >= 15 is 0 Å². The summed E-state index contributed by atoms with van der Waals surface area (Å²) < 4.78 is 66.3. The lowest BCUT2D eigenvalue weighted by atomic mass is 9.86. The number of alkyl halides is 3. The average molecular weight is 349 g/mol. The van der Waals surface area contributed by atoms with E-state index in [1.807, 2.05) is 6.92 Å². The molecule has 0 saturated heterocycles. The largest absolute Gasteiger partial charge is 0.391 e. The quantitative estimate of drug-likeness (QED) is 0.896. The Kier molecular flexibility index (Phi) is 5.11. The van der Waals surface area contributed by atoms with Crippen LogP contribution in [0.4, 0.5) is 13.2 Å². The molecule has 1 fully saturated rings. The maximum Gasteiger partial charge on any atom is 0.391 e. The molecule has 0 aromatic heterocycles. The van der Waals surface area contributed by atoms with Gasteiger partial charge < -0.3 is 0 Å². The zero-order chi connectivity index (χ0) is 17.4. The Morgan fingerprint density at radius 3 is 2.17 bits per heavy atom. The molecule has 1 aliphatic carbocycles. The van der Waals surface area contributed by atoms with Crippen LogP contribution in [-0.4, -0.2) is 20.6 Å². The smallest absolute Gasteiger partial charge is 0.208 e. The molecular weight excluding hydrogens is 327 g/mol. The minimum atomic E-state index is -4.26. The first kappa shape index (κ1) is 18.3. The van der Waals surface area contributed by atoms with E-state index in [1.165, 1.54) is 0 Å². The number of hydrogen-bond acceptors (Lipinski definition) is 2. The van der Waals surface area contributed by atoms with Gasteiger partial charge in [0.2, 0.25) is 10.0 Å². The van der Waals surface area contributed by atoms with Crippen molar-refractivity contribution in [2.45, 2.75) is 63.6 Å². The summed E-state index contributed by atoms with van der Waals surface area (Å²) in [5.74, 6) is -1.43. The molecule has 0 heterocycles. The molecule has 7 heteroatoms. The lowest BCUT2D eigenvalue weighted by molar-refractivity contribution is -0.183. The van der Waals surface area contributed by atoms with Gasteiger partial charge in [-0.05, 0) is 51.2 Å². The third kappa shape index (κ3) is 4.26. The summed E-state index contributed by atoms with van der Waals surface area (Å²) in [6.07, 6.45) is -3.56. The van der Waals surface area contributed by atoms with Gasteiger partial charge in [-0.1, -0.05) is 24.1 Å². The summed E-state index contributed by atoms with van der Waals surface area (Å²) in [6, 6.07) is 2.86. The van der Waals surface area contributed by atoms with Crippen LogP contribution in [0.15, 0.2) is 17.0 Å². The van der Waals surface area contributed by atoms with Crippen LogP contribution in [-0.2, 0) is 10.0 Å². The van der Waals surface area contributed by atoms with Crippen LogP contribution in [0.5, 0.6) is 0 Å². The highest BCUT2D eigenvalue weighted by atomic mass is 32.2. The standard InChI is InChI=1S/C16H22F3NO2S/c1-10-7-11(2)15(12(3)8-10)23(21,22)20-14-6-4-5-13(9-14)16(17,18)19/h7-8,13-14,20H,4-6,9H2,1-3H3. The van der Waals surface area contributed by atoms with Crippen molar-refractivity contribution in [3.63, 3.8) is 0 Å². The Bertz CT molecular complexity index is 660. The van der Waals surface area contributed by atoms with Gasteiger partial charge in [0.1, 0.15) is 0 Å². The van der Waals surface area contributed by atoms with Crippen molar-refractivity contribution >= 4 is 10.0 Å². The fourth-order valence-electron chi connectivity index (χ4n) is 3.46. The Hall–Kier alpha value is -1.08. The van der Waals surface area contributed by atoms with E-state index < -0.39 is 28.2 Å². The maximum absolute atomic E-state index is 12.9. The predicted molar refractivity (Wildman–Crippen MR) is 82.8 cm³/mol. The van der Waals surface area contributed by atoms with Crippen LogP contribution in [0.25, 0.3) is 0 Å². The van der Waals surface area contributed by atoms with E-state index in [-0.39, 0.29) is 17.7 Å². The van der Waals surface area contributed by atoms with Gasteiger partial charge in [-0.25, -0.2) is 13.1 Å². The molecule has 1 aromatic rings. The minimum Gasteiger partial charge on any atom is -0.208 e. The van der Waals surface area contributed by atoms with E-state index in [9.17, 15) is 21.6 Å². The summed E-state index contributed by atoms with van der Waals surface area (Å²) in [5, 5.41) is 0. The molecule has 0 bridgehead atoms. The zero-order valence-electron chi connectivity index (χ0n) is 13.5. The van der Waals surface area contributed by atoms with Gasteiger partial charge in [-0.2, -0.15) is 13.2 Å². The SMILES string of the molecule is Cc1cc(C)c(S(=O)(=O)NC2CCCC(C(F)(F)F)C2)c(C)c1. The van der Waals surface area contributed by atoms with E-state index in [1.54, 1.807) is 26.0 Å². The molecule has 2 rings (SSSR count). The molecule has 1 aromatic carbocycles. The van der Waals surface area contributed by atoms with Gasteiger partial charge in [0.25, 0.3) is 0 Å². The topological polar surface area (TPSA) is 46.2 Å². The first-order valence-electron chi connectivity index (χ1n) is 7.67. The second kappa shape index (κ2) is 6.43. The summed E-state index contributed by atoms with van der Waals surface area (Å²) >= 11 is 0. The lowest BCUT2D eigenvalue weighted by Gasteiger charge is -2.31. The van der Waals surface area contributed by atoms with Crippen LogP contribution < -0.4 is 4.72 Å². The van der Waals surface area contributed by atoms with Crippen LogP contribution in [0, 0.1) is 26.7 Å². The molecular formula is C16H22F3NO2S. The highest BCUT2D eigenvalue weighted by Crippen LogP contribution is 2.38. The van der Waals surface area contributed by atoms with Crippen molar-refractivity contribution in [1.29, 1.82) is 0 Å². The summed E-state index contributed by atoms with van der Waals surface area (Å²) in [5.41, 5.74) is 2.17. The fourth-order valence-corrected chi connectivity index (χ4v) is 5.20. The van der Waals surface area contributed by atoms with Gasteiger partial charge in [-0.3, -0.25) is 0 Å². The van der Waals surface area contributed by atoms with Crippen molar-refractivity contribution in [3.05, 3.63) is 28.8 Å². The highest BCUT2D eigenvalue weighted by Gasteiger charge is 2.43. The van der Waals surface area contributed by atoms with E-state index in [4.69, 9.17) is 0 Å². The monoisotopic (exact) mass is 349 g/mol. The molecule has 0 aliphatic heterocycles. The molecule has 130 valence electrons. The number of nitrogens with one attached hydrogen (secondary N) is 1. The summed E-state index contributed by atoms with van der Waals surface area (Å²) in [6.45, 7) is 5.28. The molecule has 2 atom stereocenters. The van der Waals surface area contributed by atoms with Gasteiger partial charge >= 0.3 is 6.18 Å². The number of aryl methyl sites for hydroxylation is 3. The molecule has 0 spiro atoms. The van der Waals surface area contributed by atoms with E-state index in [0.29, 0.717) is 24.0 Å². The average Bonchev–Trinajstić information content (AvgIpc) is 2.35. The minimum absolute atomic E-state index is 0.0737. The van der Waals surface area contributed by atoms with Gasteiger partial charge in [-0.15, -0.1) is 0 Å². The van der Waals surface area contributed by atoms with Crippen LogP contribution in [0.1, 0.15) is 42.4 Å². The normalized spacial score (nSPS) is 23.0. The lowest BCUT2D eigenvalue weighted by Crippen LogP contribution is -2.41. The molecule has 1 aliphatic rings. The number of benzene rings is 1. The Morgan fingerprint density at radius 1 is 1.09 bits per heavy atom. The second-order valence-corrected chi connectivity index (χ2v) is 8.10.